The van der Waals surface area contributed by atoms with Crippen LogP contribution in [0, 0.1) is 0 Å². The normalized spacial score (nSPS) is 12.9. The predicted octanol–water partition coefficient (Wildman–Crippen LogP) is 14.6. The molecule has 1 aromatic heterocycles. The van der Waals surface area contributed by atoms with Crippen molar-refractivity contribution in [3.05, 3.63) is 205 Å². The van der Waals surface area contributed by atoms with Gasteiger partial charge in [0.1, 0.15) is 0 Å². The first-order chi connectivity index (χ1) is 28.0. The number of hydrogen-bond acceptors (Lipinski definition) is 2. The van der Waals surface area contributed by atoms with Gasteiger partial charge in [-0.3, -0.25) is 0 Å². The molecule has 0 amide bonds. The monoisotopic (exact) mass is 726 g/mol. The van der Waals surface area contributed by atoms with Crippen molar-refractivity contribution in [3.63, 3.8) is 0 Å². The fraction of sp³-hybridized carbons (Fsp3) is 0.0545. The molecule has 0 fully saturated rings. The van der Waals surface area contributed by atoms with E-state index in [4.69, 9.17) is 9.97 Å². The van der Waals surface area contributed by atoms with Gasteiger partial charge in [-0.05, 0) is 89.0 Å². The molecule has 0 bridgehead atoms. The van der Waals surface area contributed by atoms with E-state index in [2.05, 4.69) is 196 Å². The number of nitrogens with zero attached hydrogens (tertiary/aromatic N) is 2. The van der Waals surface area contributed by atoms with Crippen molar-refractivity contribution in [2.45, 2.75) is 19.3 Å². The van der Waals surface area contributed by atoms with Gasteiger partial charge in [0.2, 0.25) is 0 Å². The zero-order valence-electron chi connectivity index (χ0n) is 31.9. The molecule has 57 heavy (non-hydrogen) atoms. The number of hydrogen-bond donors (Lipinski definition) is 0. The molecule has 10 aromatic rings. The van der Waals surface area contributed by atoms with E-state index in [-0.39, 0.29) is 5.41 Å². The van der Waals surface area contributed by atoms with E-state index < -0.39 is 0 Å². The molecule has 2 nitrogen and oxygen atoms in total. The highest BCUT2D eigenvalue weighted by atomic mass is 14.9. The van der Waals surface area contributed by atoms with Crippen LogP contribution in [0.15, 0.2) is 194 Å². The molecule has 0 radical (unpaired) electrons. The lowest BCUT2D eigenvalue weighted by Crippen LogP contribution is -2.15. The Hall–Kier alpha value is -7.16. The maximum absolute atomic E-state index is 5.21. The van der Waals surface area contributed by atoms with Gasteiger partial charge in [0.05, 0.1) is 11.4 Å². The summed E-state index contributed by atoms with van der Waals surface area (Å²) < 4.78 is 0. The number of rotatable bonds is 5. The highest BCUT2D eigenvalue weighted by molar-refractivity contribution is 6.13. The van der Waals surface area contributed by atoms with E-state index >= 15 is 0 Å². The van der Waals surface area contributed by atoms with Crippen molar-refractivity contribution in [2.75, 3.05) is 0 Å². The predicted molar refractivity (Wildman–Crippen MR) is 239 cm³/mol. The Labute approximate surface area is 332 Å². The van der Waals surface area contributed by atoms with Gasteiger partial charge in [-0.25, -0.2) is 9.97 Å². The van der Waals surface area contributed by atoms with Crippen molar-refractivity contribution in [1.29, 1.82) is 0 Å². The lowest BCUT2D eigenvalue weighted by Gasteiger charge is -2.23. The van der Waals surface area contributed by atoms with Crippen LogP contribution in [0.4, 0.5) is 0 Å². The first-order valence-corrected chi connectivity index (χ1v) is 19.8. The van der Waals surface area contributed by atoms with E-state index in [0.717, 1.165) is 33.5 Å². The van der Waals surface area contributed by atoms with Crippen LogP contribution in [-0.2, 0) is 5.41 Å². The third-order valence-electron chi connectivity index (χ3n) is 12.1. The van der Waals surface area contributed by atoms with Crippen LogP contribution in [0.2, 0.25) is 0 Å². The van der Waals surface area contributed by atoms with E-state index in [1.165, 1.54) is 71.4 Å². The molecule has 0 atom stereocenters. The second-order valence-electron chi connectivity index (χ2n) is 15.7. The second kappa shape index (κ2) is 13.0. The summed E-state index contributed by atoms with van der Waals surface area (Å²) >= 11 is 0. The van der Waals surface area contributed by atoms with Crippen molar-refractivity contribution >= 4 is 32.3 Å². The summed E-state index contributed by atoms with van der Waals surface area (Å²) in [6, 6.07) is 70.0. The quantitative estimate of drug-likeness (QED) is 0.176. The minimum Gasteiger partial charge on any atom is -0.228 e. The number of benzene rings is 9. The third kappa shape index (κ3) is 5.25. The van der Waals surface area contributed by atoms with Gasteiger partial charge >= 0.3 is 0 Å². The van der Waals surface area contributed by atoms with E-state index in [1.807, 2.05) is 12.1 Å². The molecule has 11 rings (SSSR count). The Morgan fingerprint density at radius 3 is 1.39 bits per heavy atom. The smallest absolute Gasteiger partial charge is 0.161 e. The molecule has 0 saturated heterocycles. The molecule has 2 heteroatoms. The Morgan fingerprint density at radius 1 is 0.351 bits per heavy atom. The molecule has 268 valence electrons. The summed E-state index contributed by atoms with van der Waals surface area (Å²) in [5.41, 5.74) is 15.3. The molecule has 1 aliphatic rings. The van der Waals surface area contributed by atoms with E-state index in [0.29, 0.717) is 5.82 Å². The fourth-order valence-electron chi connectivity index (χ4n) is 9.45. The third-order valence-corrected chi connectivity index (χ3v) is 12.1. The molecule has 1 aliphatic carbocycles. The van der Waals surface area contributed by atoms with Crippen LogP contribution in [0.1, 0.15) is 25.0 Å². The highest BCUT2D eigenvalue weighted by Crippen LogP contribution is 2.55. The maximum atomic E-state index is 5.21. The molecule has 0 spiro atoms. The van der Waals surface area contributed by atoms with Gasteiger partial charge in [0.15, 0.2) is 5.82 Å². The summed E-state index contributed by atoms with van der Waals surface area (Å²) in [5, 5.41) is 7.40. The van der Waals surface area contributed by atoms with Crippen LogP contribution >= 0.6 is 0 Å². The highest BCUT2D eigenvalue weighted by Gasteiger charge is 2.38. The van der Waals surface area contributed by atoms with Gasteiger partial charge in [0.25, 0.3) is 0 Å². The van der Waals surface area contributed by atoms with Gasteiger partial charge in [0, 0.05) is 22.1 Å². The Morgan fingerprint density at radius 2 is 0.807 bits per heavy atom. The SMILES string of the molecule is CC1(C)c2cccc(-c3ccc(-c4ccc(-c5nc(-c6ccccc6)cc(-c6ccccc6)n5)c5ccccc45)c4ccccc34)c2-c2ccc3ccccc3c21. The largest absolute Gasteiger partial charge is 0.228 e. The molecular weight excluding hydrogens is 689 g/mol. The Kier molecular flexibility index (Phi) is 7.55. The molecule has 0 aliphatic heterocycles. The molecule has 9 aromatic carbocycles. The number of aromatic nitrogens is 2. The number of fused-ring (bicyclic) bond motifs is 7. The molecular formula is C55H38N2. The zero-order valence-corrected chi connectivity index (χ0v) is 31.9. The average molecular weight is 727 g/mol. The summed E-state index contributed by atoms with van der Waals surface area (Å²) in [6.07, 6.45) is 0. The first-order valence-electron chi connectivity index (χ1n) is 19.8. The van der Waals surface area contributed by atoms with Crippen molar-refractivity contribution in [1.82, 2.24) is 9.97 Å². The van der Waals surface area contributed by atoms with Crippen LogP contribution in [0.5, 0.6) is 0 Å². The standard InChI is InChI=1S/C55H38N2/c1-55(2)49-27-15-26-46(52(49)48-29-28-35-16-9-10-21-38(35)53(48)55)45-31-30-43(39-22-11-12-23-40(39)45)44-32-33-47(42-25-14-13-24-41(42)44)54-56-50(36-17-5-3-6-18-36)34-51(57-54)37-19-7-4-8-20-37/h3-34H,1-2H3. The summed E-state index contributed by atoms with van der Waals surface area (Å²) in [6.45, 7) is 4.77. The molecule has 0 saturated carbocycles. The van der Waals surface area contributed by atoms with Crippen molar-refractivity contribution in [2.24, 2.45) is 0 Å². The Balaban J connectivity index is 1.09. The summed E-state index contributed by atoms with van der Waals surface area (Å²) in [7, 11) is 0. The average Bonchev–Trinajstić information content (AvgIpc) is 3.52. The molecule has 1 heterocycles. The van der Waals surface area contributed by atoms with Crippen LogP contribution in [-0.4, -0.2) is 9.97 Å². The zero-order chi connectivity index (χ0) is 38.1. The van der Waals surface area contributed by atoms with Crippen LogP contribution < -0.4 is 0 Å². The van der Waals surface area contributed by atoms with E-state index in [9.17, 15) is 0 Å². The topological polar surface area (TPSA) is 25.8 Å². The van der Waals surface area contributed by atoms with Crippen LogP contribution in [0.3, 0.4) is 0 Å². The maximum Gasteiger partial charge on any atom is 0.161 e. The second-order valence-corrected chi connectivity index (χ2v) is 15.7. The first kappa shape index (κ1) is 33.2. The van der Waals surface area contributed by atoms with Crippen molar-refractivity contribution < 1.29 is 0 Å². The van der Waals surface area contributed by atoms with Crippen molar-refractivity contribution in [3.8, 4) is 67.3 Å². The minimum absolute atomic E-state index is 0.121. The van der Waals surface area contributed by atoms with Gasteiger partial charge in [-0.1, -0.05) is 196 Å². The molecule has 0 unspecified atom stereocenters. The lowest BCUT2D eigenvalue weighted by molar-refractivity contribution is 0.666. The lowest BCUT2D eigenvalue weighted by atomic mass is 9.80. The van der Waals surface area contributed by atoms with Gasteiger partial charge in [-0.15, -0.1) is 0 Å². The Bertz CT molecular complexity index is 3140. The fourth-order valence-corrected chi connectivity index (χ4v) is 9.45. The van der Waals surface area contributed by atoms with Gasteiger partial charge < -0.3 is 0 Å². The minimum atomic E-state index is -0.121. The van der Waals surface area contributed by atoms with Gasteiger partial charge in [-0.2, -0.15) is 0 Å². The molecule has 0 N–H and O–H groups in total. The van der Waals surface area contributed by atoms with Crippen LogP contribution in [0.25, 0.3) is 99.6 Å². The summed E-state index contributed by atoms with van der Waals surface area (Å²) in [4.78, 5) is 10.4. The van der Waals surface area contributed by atoms with E-state index in [1.54, 1.807) is 0 Å². The summed E-state index contributed by atoms with van der Waals surface area (Å²) in [5.74, 6) is 0.715.